The third-order valence-corrected chi connectivity index (χ3v) is 4.13. The van der Waals surface area contributed by atoms with Crippen LogP contribution in [0, 0.1) is 0 Å². The van der Waals surface area contributed by atoms with Crippen LogP contribution in [0.3, 0.4) is 0 Å². The van der Waals surface area contributed by atoms with E-state index in [1.165, 1.54) is 25.7 Å². The predicted molar refractivity (Wildman–Crippen MR) is 81.3 cm³/mol. The predicted octanol–water partition coefficient (Wildman–Crippen LogP) is 3.66. The van der Waals surface area contributed by atoms with Gasteiger partial charge in [-0.05, 0) is 51.9 Å². The van der Waals surface area contributed by atoms with Crippen molar-refractivity contribution in [3.05, 3.63) is 29.3 Å². The Hall–Kier alpha value is -1.35. The van der Waals surface area contributed by atoms with Crippen molar-refractivity contribution in [1.82, 2.24) is 4.90 Å². The molecule has 0 radical (unpaired) electrons. The molecule has 0 heterocycles. The fraction of sp³-hybridized carbons (Fsp3) is 0.588. The number of ketones is 1. The van der Waals surface area contributed by atoms with Crippen molar-refractivity contribution >= 4 is 5.78 Å². The van der Waals surface area contributed by atoms with Crippen LogP contribution in [0.25, 0.3) is 0 Å². The molecule has 1 aromatic rings. The summed E-state index contributed by atoms with van der Waals surface area (Å²) in [5.74, 6) is 1.01. The SMILES string of the molecule is CCOc1ccc(C(C)=O)cc1CN(C)C1CCCC1. The quantitative estimate of drug-likeness (QED) is 0.742. The van der Waals surface area contributed by atoms with Gasteiger partial charge in [0.15, 0.2) is 5.78 Å². The summed E-state index contributed by atoms with van der Waals surface area (Å²) < 4.78 is 5.70. The maximum atomic E-state index is 11.6. The Morgan fingerprint density at radius 2 is 2.05 bits per heavy atom. The van der Waals surface area contributed by atoms with Crippen molar-refractivity contribution in [2.45, 2.75) is 52.1 Å². The lowest BCUT2D eigenvalue weighted by atomic mass is 10.1. The van der Waals surface area contributed by atoms with Gasteiger partial charge >= 0.3 is 0 Å². The van der Waals surface area contributed by atoms with E-state index in [4.69, 9.17) is 4.74 Å². The number of hydrogen-bond acceptors (Lipinski definition) is 3. The van der Waals surface area contributed by atoms with Crippen molar-refractivity contribution in [1.29, 1.82) is 0 Å². The number of rotatable bonds is 6. The lowest BCUT2D eigenvalue weighted by molar-refractivity contribution is 0.101. The maximum absolute atomic E-state index is 11.6. The highest BCUT2D eigenvalue weighted by Gasteiger charge is 2.20. The summed E-state index contributed by atoms with van der Waals surface area (Å²) in [6.45, 7) is 5.10. The molecule has 0 amide bonds. The van der Waals surface area contributed by atoms with E-state index in [0.717, 1.165) is 23.4 Å². The van der Waals surface area contributed by atoms with E-state index in [9.17, 15) is 4.79 Å². The molecule has 2 rings (SSSR count). The minimum Gasteiger partial charge on any atom is -0.494 e. The fourth-order valence-corrected chi connectivity index (χ4v) is 2.96. The van der Waals surface area contributed by atoms with Crippen molar-refractivity contribution in [3.63, 3.8) is 0 Å². The molecule has 3 nitrogen and oxygen atoms in total. The van der Waals surface area contributed by atoms with Crippen molar-refractivity contribution in [2.75, 3.05) is 13.7 Å². The second-order valence-electron chi connectivity index (χ2n) is 5.67. The average molecular weight is 275 g/mol. The maximum Gasteiger partial charge on any atom is 0.159 e. The number of carbonyl (C=O) groups excluding carboxylic acids is 1. The first-order valence-corrected chi connectivity index (χ1v) is 7.58. The first-order chi connectivity index (χ1) is 9.61. The number of Topliss-reactive ketones (excluding diaryl/α,β-unsaturated/α-hetero) is 1. The van der Waals surface area contributed by atoms with Crippen LogP contribution in [0.2, 0.25) is 0 Å². The van der Waals surface area contributed by atoms with Gasteiger partial charge in [-0.25, -0.2) is 0 Å². The highest BCUT2D eigenvalue weighted by atomic mass is 16.5. The van der Waals surface area contributed by atoms with Gasteiger partial charge in [0.2, 0.25) is 0 Å². The number of carbonyl (C=O) groups is 1. The highest BCUT2D eigenvalue weighted by molar-refractivity contribution is 5.94. The Labute approximate surface area is 121 Å². The number of nitrogens with zero attached hydrogens (tertiary/aromatic N) is 1. The zero-order valence-electron chi connectivity index (χ0n) is 12.8. The van der Waals surface area contributed by atoms with E-state index >= 15 is 0 Å². The zero-order valence-corrected chi connectivity index (χ0v) is 12.8. The minimum atomic E-state index is 0.109. The molecule has 1 aromatic carbocycles. The van der Waals surface area contributed by atoms with Gasteiger partial charge < -0.3 is 4.74 Å². The molecule has 1 fully saturated rings. The van der Waals surface area contributed by atoms with Crippen molar-refractivity contribution < 1.29 is 9.53 Å². The van der Waals surface area contributed by atoms with Gasteiger partial charge in [-0.2, -0.15) is 0 Å². The standard InChI is InChI=1S/C17H25NO2/c1-4-20-17-10-9-14(13(2)19)11-15(17)12-18(3)16-7-5-6-8-16/h9-11,16H,4-8,12H2,1-3H3. The Balaban J connectivity index is 2.17. The van der Waals surface area contributed by atoms with Crippen LogP contribution in [0.15, 0.2) is 18.2 Å². The minimum absolute atomic E-state index is 0.109. The summed E-state index contributed by atoms with van der Waals surface area (Å²) in [5, 5.41) is 0. The Morgan fingerprint density at radius 1 is 1.35 bits per heavy atom. The zero-order chi connectivity index (χ0) is 14.5. The van der Waals surface area contributed by atoms with Crippen molar-refractivity contribution in [3.8, 4) is 5.75 Å². The smallest absolute Gasteiger partial charge is 0.159 e. The summed E-state index contributed by atoms with van der Waals surface area (Å²) in [7, 11) is 2.17. The van der Waals surface area contributed by atoms with E-state index in [1.54, 1.807) is 6.92 Å². The third-order valence-electron chi connectivity index (χ3n) is 4.13. The van der Waals surface area contributed by atoms with Crippen LogP contribution >= 0.6 is 0 Å². The molecule has 0 N–H and O–H groups in total. The molecule has 0 atom stereocenters. The van der Waals surface area contributed by atoms with Gasteiger partial charge in [0.1, 0.15) is 5.75 Å². The van der Waals surface area contributed by atoms with Crippen LogP contribution in [0.5, 0.6) is 5.75 Å². The monoisotopic (exact) mass is 275 g/mol. The number of ether oxygens (including phenoxy) is 1. The molecule has 1 aliphatic rings. The number of benzene rings is 1. The van der Waals surface area contributed by atoms with Gasteiger partial charge in [0, 0.05) is 23.7 Å². The lowest BCUT2D eigenvalue weighted by Crippen LogP contribution is -2.28. The summed E-state index contributed by atoms with van der Waals surface area (Å²) >= 11 is 0. The van der Waals surface area contributed by atoms with E-state index < -0.39 is 0 Å². The van der Waals surface area contributed by atoms with E-state index in [0.29, 0.717) is 12.6 Å². The first-order valence-electron chi connectivity index (χ1n) is 7.58. The molecule has 0 bridgehead atoms. The highest BCUT2D eigenvalue weighted by Crippen LogP contribution is 2.27. The van der Waals surface area contributed by atoms with Gasteiger partial charge in [0.25, 0.3) is 0 Å². The van der Waals surface area contributed by atoms with Gasteiger partial charge in [-0.15, -0.1) is 0 Å². The van der Waals surface area contributed by atoms with Crippen LogP contribution in [-0.2, 0) is 6.54 Å². The largest absolute Gasteiger partial charge is 0.494 e. The second kappa shape index (κ2) is 6.89. The van der Waals surface area contributed by atoms with E-state index in [-0.39, 0.29) is 5.78 Å². The average Bonchev–Trinajstić information content (AvgIpc) is 2.94. The molecule has 110 valence electrons. The molecule has 3 heteroatoms. The molecule has 0 aromatic heterocycles. The Kier molecular flexibility index (Phi) is 5.18. The van der Waals surface area contributed by atoms with Gasteiger partial charge in [-0.3, -0.25) is 9.69 Å². The molecule has 1 saturated carbocycles. The summed E-state index contributed by atoms with van der Waals surface area (Å²) in [6, 6.07) is 6.44. The molecule has 0 spiro atoms. The molecular weight excluding hydrogens is 250 g/mol. The van der Waals surface area contributed by atoms with Crippen LogP contribution in [-0.4, -0.2) is 30.4 Å². The second-order valence-corrected chi connectivity index (χ2v) is 5.67. The normalized spacial score (nSPS) is 15.8. The fourth-order valence-electron chi connectivity index (χ4n) is 2.96. The Morgan fingerprint density at radius 3 is 2.65 bits per heavy atom. The molecular formula is C17H25NO2. The van der Waals surface area contributed by atoms with Crippen LogP contribution in [0.1, 0.15) is 55.5 Å². The van der Waals surface area contributed by atoms with Crippen LogP contribution in [0.4, 0.5) is 0 Å². The lowest BCUT2D eigenvalue weighted by Gasteiger charge is -2.25. The summed E-state index contributed by atoms with van der Waals surface area (Å²) in [6.07, 6.45) is 5.24. The van der Waals surface area contributed by atoms with Gasteiger partial charge in [-0.1, -0.05) is 12.8 Å². The topological polar surface area (TPSA) is 29.5 Å². The van der Waals surface area contributed by atoms with Crippen LogP contribution < -0.4 is 4.74 Å². The molecule has 0 aliphatic heterocycles. The number of hydrogen-bond donors (Lipinski definition) is 0. The van der Waals surface area contributed by atoms with E-state index in [1.807, 2.05) is 25.1 Å². The molecule has 0 unspecified atom stereocenters. The third kappa shape index (κ3) is 3.60. The molecule has 20 heavy (non-hydrogen) atoms. The Bertz CT molecular complexity index is 464. The van der Waals surface area contributed by atoms with Crippen molar-refractivity contribution in [2.24, 2.45) is 0 Å². The summed E-state index contributed by atoms with van der Waals surface area (Å²) in [4.78, 5) is 14.0. The summed E-state index contributed by atoms with van der Waals surface area (Å²) in [5.41, 5.74) is 1.89. The van der Waals surface area contributed by atoms with Gasteiger partial charge in [0.05, 0.1) is 6.61 Å². The van der Waals surface area contributed by atoms with E-state index in [2.05, 4.69) is 11.9 Å². The molecule has 0 saturated heterocycles. The first kappa shape index (κ1) is 15.0. The molecule has 1 aliphatic carbocycles.